The van der Waals surface area contributed by atoms with Gasteiger partial charge in [0.25, 0.3) is 0 Å². The van der Waals surface area contributed by atoms with E-state index < -0.39 is 0 Å². The Balaban J connectivity index is 2.21. The largest absolute Gasteiger partial charge is 0.495 e. The molecule has 1 heterocycles. The van der Waals surface area contributed by atoms with E-state index in [1.807, 2.05) is 53.2 Å². The third-order valence-corrected chi connectivity index (χ3v) is 3.27. The zero-order valence-electron chi connectivity index (χ0n) is 11.5. The van der Waals surface area contributed by atoms with E-state index in [2.05, 4.69) is 11.1 Å². The first kappa shape index (κ1) is 12.9. The maximum atomic E-state index is 9.27. The Hall–Kier alpha value is -3.06. The molecule has 0 bridgehead atoms. The Bertz CT molecular complexity index is 815. The number of imidazole rings is 1. The van der Waals surface area contributed by atoms with Crippen molar-refractivity contribution >= 4 is 0 Å². The van der Waals surface area contributed by atoms with Crippen molar-refractivity contribution in [2.75, 3.05) is 7.11 Å². The lowest BCUT2D eigenvalue weighted by Crippen LogP contribution is -2.00. The SMILES string of the molecule is COc1ccccc1-n1ccnc1-c1ccccc1C#N. The maximum Gasteiger partial charge on any atom is 0.145 e. The first-order valence-corrected chi connectivity index (χ1v) is 6.51. The van der Waals surface area contributed by atoms with Gasteiger partial charge in [0.15, 0.2) is 0 Å². The third kappa shape index (κ3) is 2.26. The molecule has 0 amide bonds. The van der Waals surface area contributed by atoms with Gasteiger partial charge in [-0.2, -0.15) is 5.26 Å². The van der Waals surface area contributed by atoms with Crippen molar-refractivity contribution in [3.63, 3.8) is 0 Å². The maximum absolute atomic E-state index is 9.27. The summed E-state index contributed by atoms with van der Waals surface area (Å²) >= 11 is 0. The van der Waals surface area contributed by atoms with Crippen LogP contribution in [0.25, 0.3) is 17.1 Å². The van der Waals surface area contributed by atoms with Gasteiger partial charge in [0, 0.05) is 18.0 Å². The van der Waals surface area contributed by atoms with E-state index in [4.69, 9.17) is 4.74 Å². The molecule has 0 aliphatic carbocycles. The summed E-state index contributed by atoms with van der Waals surface area (Å²) in [5.41, 5.74) is 2.29. The van der Waals surface area contributed by atoms with Crippen LogP contribution in [0.15, 0.2) is 60.9 Å². The second-order valence-corrected chi connectivity index (χ2v) is 4.45. The lowest BCUT2D eigenvalue weighted by molar-refractivity contribution is 0.413. The molecule has 3 aromatic rings. The number of nitrogens with zero attached hydrogens (tertiary/aromatic N) is 3. The first-order chi connectivity index (χ1) is 10.3. The fourth-order valence-electron chi connectivity index (χ4n) is 2.30. The van der Waals surface area contributed by atoms with Crippen LogP contribution >= 0.6 is 0 Å². The predicted octanol–water partition coefficient (Wildman–Crippen LogP) is 3.42. The molecule has 3 rings (SSSR count). The number of para-hydroxylation sites is 2. The number of ether oxygens (including phenoxy) is 1. The second kappa shape index (κ2) is 5.51. The molecule has 2 aromatic carbocycles. The molecule has 0 aliphatic rings. The van der Waals surface area contributed by atoms with Gasteiger partial charge in [-0.25, -0.2) is 4.98 Å². The van der Waals surface area contributed by atoms with Crippen LogP contribution in [0.5, 0.6) is 5.75 Å². The molecule has 0 spiro atoms. The number of rotatable bonds is 3. The molecular formula is C17H13N3O. The van der Waals surface area contributed by atoms with Crippen molar-refractivity contribution in [1.29, 1.82) is 5.26 Å². The summed E-state index contributed by atoms with van der Waals surface area (Å²) in [5, 5.41) is 9.27. The van der Waals surface area contributed by atoms with E-state index in [0.29, 0.717) is 5.56 Å². The molecule has 1 aromatic heterocycles. The van der Waals surface area contributed by atoms with Gasteiger partial charge in [0.05, 0.1) is 24.4 Å². The molecule has 0 N–H and O–H groups in total. The average Bonchev–Trinajstić information content (AvgIpc) is 3.04. The smallest absolute Gasteiger partial charge is 0.145 e. The molecule has 0 saturated heterocycles. The molecule has 0 aliphatic heterocycles. The van der Waals surface area contributed by atoms with Gasteiger partial charge < -0.3 is 4.74 Å². The Morgan fingerprint density at radius 3 is 2.67 bits per heavy atom. The number of methoxy groups -OCH3 is 1. The molecule has 4 heteroatoms. The van der Waals surface area contributed by atoms with Crippen molar-refractivity contribution in [1.82, 2.24) is 9.55 Å². The summed E-state index contributed by atoms with van der Waals surface area (Å²) < 4.78 is 7.33. The van der Waals surface area contributed by atoms with Gasteiger partial charge in [-0.3, -0.25) is 4.57 Å². The number of hydrogen-bond acceptors (Lipinski definition) is 3. The highest BCUT2D eigenvalue weighted by Gasteiger charge is 2.13. The average molecular weight is 275 g/mol. The highest BCUT2D eigenvalue weighted by atomic mass is 16.5. The van der Waals surface area contributed by atoms with Gasteiger partial charge in [0.2, 0.25) is 0 Å². The lowest BCUT2D eigenvalue weighted by atomic mass is 10.1. The van der Waals surface area contributed by atoms with Crippen LogP contribution in [-0.2, 0) is 0 Å². The number of benzene rings is 2. The van der Waals surface area contributed by atoms with Crippen LogP contribution in [0.4, 0.5) is 0 Å². The number of nitriles is 1. The van der Waals surface area contributed by atoms with Gasteiger partial charge in [0.1, 0.15) is 11.6 Å². The minimum absolute atomic E-state index is 0.597. The van der Waals surface area contributed by atoms with Crippen molar-refractivity contribution in [3.05, 3.63) is 66.5 Å². The molecule has 0 fully saturated rings. The third-order valence-electron chi connectivity index (χ3n) is 3.27. The van der Waals surface area contributed by atoms with Gasteiger partial charge in [-0.15, -0.1) is 0 Å². The molecule has 102 valence electrons. The molecule has 0 unspecified atom stereocenters. The van der Waals surface area contributed by atoms with Crippen LogP contribution in [0, 0.1) is 11.3 Å². The summed E-state index contributed by atoms with van der Waals surface area (Å²) in [5.74, 6) is 1.47. The Labute approximate surface area is 122 Å². The van der Waals surface area contributed by atoms with Gasteiger partial charge >= 0.3 is 0 Å². The van der Waals surface area contributed by atoms with Crippen molar-refractivity contribution < 1.29 is 4.74 Å². The molecule has 0 saturated carbocycles. The minimum Gasteiger partial charge on any atom is -0.495 e. The van der Waals surface area contributed by atoms with Crippen molar-refractivity contribution in [2.45, 2.75) is 0 Å². The van der Waals surface area contributed by atoms with Crippen LogP contribution in [0.1, 0.15) is 5.56 Å². The zero-order chi connectivity index (χ0) is 14.7. The highest BCUT2D eigenvalue weighted by molar-refractivity contribution is 5.67. The van der Waals surface area contributed by atoms with E-state index in [-0.39, 0.29) is 0 Å². The number of hydrogen-bond donors (Lipinski definition) is 0. The Morgan fingerprint density at radius 1 is 1.10 bits per heavy atom. The van der Waals surface area contributed by atoms with Gasteiger partial charge in [-0.1, -0.05) is 24.3 Å². The van der Waals surface area contributed by atoms with E-state index >= 15 is 0 Å². The molecule has 4 nitrogen and oxygen atoms in total. The topological polar surface area (TPSA) is 50.8 Å². The zero-order valence-corrected chi connectivity index (χ0v) is 11.5. The first-order valence-electron chi connectivity index (χ1n) is 6.51. The van der Waals surface area contributed by atoms with Crippen LogP contribution in [0.2, 0.25) is 0 Å². The fraction of sp³-hybridized carbons (Fsp3) is 0.0588. The van der Waals surface area contributed by atoms with Crippen LogP contribution in [-0.4, -0.2) is 16.7 Å². The number of aromatic nitrogens is 2. The highest BCUT2D eigenvalue weighted by Crippen LogP contribution is 2.29. The van der Waals surface area contributed by atoms with Crippen molar-refractivity contribution in [3.8, 4) is 28.9 Å². The Morgan fingerprint density at radius 2 is 1.86 bits per heavy atom. The van der Waals surface area contributed by atoms with E-state index in [9.17, 15) is 5.26 Å². The molecule has 0 atom stereocenters. The van der Waals surface area contributed by atoms with E-state index in [1.165, 1.54) is 0 Å². The molecular weight excluding hydrogens is 262 g/mol. The standard InChI is InChI=1S/C17H13N3O/c1-21-16-9-5-4-8-15(16)20-11-10-19-17(20)14-7-3-2-6-13(14)12-18/h2-11H,1H3. The minimum atomic E-state index is 0.597. The quantitative estimate of drug-likeness (QED) is 0.736. The van der Waals surface area contributed by atoms with E-state index in [0.717, 1.165) is 22.8 Å². The summed E-state index contributed by atoms with van der Waals surface area (Å²) in [7, 11) is 1.64. The summed E-state index contributed by atoms with van der Waals surface area (Å²) in [6, 6.07) is 17.4. The van der Waals surface area contributed by atoms with Crippen molar-refractivity contribution in [2.24, 2.45) is 0 Å². The summed E-state index contributed by atoms with van der Waals surface area (Å²) in [6.45, 7) is 0. The molecule has 21 heavy (non-hydrogen) atoms. The predicted molar refractivity (Wildman–Crippen MR) is 80.3 cm³/mol. The lowest BCUT2D eigenvalue weighted by Gasteiger charge is -2.12. The normalized spacial score (nSPS) is 10.1. The fourth-order valence-corrected chi connectivity index (χ4v) is 2.30. The van der Waals surface area contributed by atoms with Crippen LogP contribution in [0.3, 0.4) is 0 Å². The molecule has 0 radical (unpaired) electrons. The summed E-state index contributed by atoms with van der Waals surface area (Å²) in [6.07, 6.45) is 3.58. The van der Waals surface area contributed by atoms with Crippen LogP contribution < -0.4 is 4.74 Å². The Kier molecular flexibility index (Phi) is 3.40. The monoisotopic (exact) mass is 275 g/mol. The second-order valence-electron chi connectivity index (χ2n) is 4.45. The summed E-state index contributed by atoms with van der Waals surface area (Å²) in [4.78, 5) is 4.40. The van der Waals surface area contributed by atoms with Gasteiger partial charge in [-0.05, 0) is 24.3 Å². The van der Waals surface area contributed by atoms with E-state index in [1.54, 1.807) is 19.4 Å².